The maximum atomic E-state index is 3.37. The van der Waals surface area contributed by atoms with Gasteiger partial charge in [-0.15, -0.1) is 0 Å². The summed E-state index contributed by atoms with van der Waals surface area (Å²) in [5, 5.41) is 3.37. The Labute approximate surface area is 77.9 Å². The highest BCUT2D eigenvalue weighted by molar-refractivity contribution is 4.68. The first-order valence-corrected chi connectivity index (χ1v) is 5.45. The van der Waals surface area contributed by atoms with E-state index >= 15 is 0 Å². The van der Waals surface area contributed by atoms with Gasteiger partial charge >= 0.3 is 0 Å². The third kappa shape index (κ3) is 4.76. The van der Waals surface area contributed by atoms with E-state index in [0.717, 1.165) is 12.0 Å². The fourth-order valence-electron chi connectivity index (χ4n) is 1.79. The second kappa shape index (κ2) is 7.60. The molecule has 1 heteroatoms. The summed E-state index contributed by atoms with van der Waals surface area (Å²) in [7, 11) is 2.08. The molecule has 0 bridgehead atoms. The topological polar surface area (TPSA) is 12.0 Å². The van der Waals surface area contributed by atoms with Gasteiger partial charge in [-0.1, -0.05) is 40.0 Å². The van der Waals surface area contributed by atoms with E-state index in [4.69, 9.17) is 0 Å². The minimum atomic E-state index is 0.737. The van der Waals surface area contributed by atoms with Crippen LogP contribution in [0.3, 0.4) is 0 Å². The summed E-state index contributed by atoms with van der Waals surface area (Å²) in [5.74, 6) is 0.937. The monoisotopic (exact) mass is 171 g/mol. The van der Waals surface area contributed by atoms with Gasteiger partial charge in [-0.05, 0) is 25.8 Å². The highest BCUT2D eigenvalue weighted by Crippen LogP contribution is 2.18. The molecule has 0 amide bonds. The number of rotatable bonds is 7. The largest absolute Gasteiger partial charge is 0.317 e. The normalized spacial score (nSPS) is 16.0. The predicted octanol–water partition coefficient (Wildman–Crippen LogP) is 3.20. The number of hydrogen-bond donors (Lipinski definition) is 1. The Morgan fingerprint density at radius 1 is 1.08 bits per heavy atom. The van der Waals surface area contributed by atoms with Crippen LogP contribution in [0, 0.1) is 5.92 Å². The molecular weight excluding hydrogens is 146 g/mol. The molecule has 0 aromatic heterocycles. The van der Waals surface area contributed by atoms with Crippen LogP contribution in [0.1, 0.15) is 52.9 Å². The quantitative estimate of drug-likeness (QED) is 0.620. The molecule has 0 fully saturated rings. The van der Waals surface area contributed by atoms with Crippen LogP contribution >= 0.6 is 0 Å². The van der Waals surface area contributed by atoms with Gasteiger partial charge < -0.3 is 5.32 Å². The van der Waals surface area contributed by atoms with Crippen LogP contribution in [0.2, 0.25) is 0 Å². The van der Waals surface area contributed by atoms with Crippen molar-refractivity contribution in [1.29, 1.82) is 0 Å². The molecule has 0 aromatic carbocycles. The van der Waals surface area contributed by atoms with E-state index in [1.165, 1.54) is 32.1 Å². The minimum absolute atomic E-state index is 0.737. The molecule has 0 saturated heterocycles. The first-order chi connectivity index (χ1) is 5.78. The lowest BCUT2D eigenvalue weighted by molar-refractivity contribution is 0.360. The van der Waals surface area contributed by atoms with E-state index in [-0.39, 0.29) is 0 Å². The van der Waals surface area contributed by atoms with Gasteiger partial charge in [0.1, 0.15) is 0 Å². The number of nitrogens with one attached hydrogen (secondary N) is 1. The van der Waals surface area contributed by atoms with Crippen molar-refractivity contribution in [2.75, 3.05) is 7.05 Å². The molecule has 0 aromatic rings. The van der Waals surface area contributed by atoms with Crippen LogP contribution in [0.25, 0.3) is 0 Å². The third-order valence-corrected chi connectivity index (χ3v) is 2.79. The molecule has 2 atom stereocenters. The molecule has 0 radical (unpaired) electrons. The zero-order chi connectivity index (χ0) is 9.40. The van der Waals surface area contributed by atoms with Crippen LogP contribution in [0.4, 0.5) is 0 Å². The van der Waals surface area contributed by atoms with E-state index in [1.54, 1.807) is 0 Å². The van der Waals surface area contributed by atoms with Crippen molar-refractivity contribution in [1.82, 2.24) is 5.32 Å². The molecule has 12 heavy (non-hydrogen) atoms. The molecule has 0 rings (SSSR count). The van der Waals surface area contributed by atoms with Crippen molar-refractivity contribution in [3.63, 3.8) is 0 Å². The van der Waals surface area contributed by atoms with Crippen molar-refractivity contribution in [3.05, 3.63) is 0 Å². The Balaban J connectivity index is 3.65. The van der Waals surface area contributed by atoms with Crippen LogP contribution in [0.5, 0.6) is 0 Å². The maximum absolute atomic E-state index is 3.37. The average molecular weight is 171 g/mol. The van der Waals surface area contributed by atoms with Gasteiger partial charge in [-0.2, -0.15) is 0 Å². The van der Waals surface area contributed by atoms with Crippen LogP contribution < -0.4 is 5.32 Å². The Hall–Kier alpha value is -0.0400. The average Bonchev–Trinajstić information content (AvgIpc) is 2.12. The molecule has 1 N–H and O–H groups in total. The molecule has 2 unspecified atom stereocenters. The van der Waals surface area contributed by atoms with Crippen LogP contribution in [-0.4, -0.2) is 13.1 Å². The van der Waals surface area contributed by atoms with E-state index in [2.05, 4.69) is 33.1 Å². The molecule has 0 aliphatic carbocycles. The third-order valence-electron chi connectivity index (χ3n) is 2.79. The lowest BCUT2D eigenvalue weighted by Crippen LogP contribution is -2.26. The van der Waals surface area contributed by atoms with Gasteiger partial charge in [0.15, 0.2) is 0 Å². The maximum Gasteiger partial charge on any atom is 0.00640 e. The fourth-order valence-corrected chi connectivity index (χ4v) is 1.79. The summed E-state index contributed by atoms with van der Waals surface area (Å²) in [6.45, 7) is 6.85. The standard InChI is InChI=1S/C11H25N/c1-5-8-10(6-2)9-11(7-3)12-4/h10-12H,5-9H2,1-4H3. The molecule has 0 saturated carbocycles. The SMILES string of the molecule is CCCC(CC)CC(CC)NC. The van der Waals surface area contributed by atoms with Gasteiger partial charge in [0.25, 0.3) is 0 Å². The highest BCUT2D eigenvalue weighted by Gasteiger charge is 2.10. The second-order valence-electron chi connectivity index (χ2n) is 3.69. The van der Waals surface area contributed by atoms with Crippen LogP contribution in [-0.2, 0) is 0 Å². The molecule has 0 aliphatic rings. The smallest absolute Gasteiger partial charge is 0.00640 e. The number of hydrogen-bond acceptors (Lipinski definition) is 1. The van der Waals surface area contributed by atoms with E-state index < -0.39 is 0 Å². The highest BCUT2D eigenvalue weighted by atomic mass is 14.9. The molecule has 1 nitrogen and oxygen atoms in total. The zero-order valence-electron chi connectivity index (χ0n) is 9.19. The summed E-state index contributed by atoms with van der Waals surface area (Å²) in [4.78, 5) is 0. The van der Waals surface area contributed by atoms with E-state index in [0.29, 0.717) is 0 Å². The molecule has 0 aliphatic heterocycles. The van der Waals surface area contributed by atoms with Gasteiger partial charge in [-0.25, -0.2) is 0 Å². The molecular formula is C11H25N. The Bertz CT molecular complexity index is 87.0. The predicted molar refractivity (Wildman–Crippen MR) is 56.4 cm³/mol. The summed E-state index contributed by atoms with van der Waals surface area (Å²) in [5.41, 5.74) is 0. The van der Waals surface area contributed by atoms with E-state index in [9.17, 15) is 0 Å². The lowest BCUT2D eigenvalue weighted by atomic mass is 9.92. The Morgan fingerprint density at radius 3 is 2.08 bits per heavy atom. The van der Waals surface area contributed by atoms with Gasteiger partial charge in [0.05, 0.1) is 0 Å². The first-order valence-electron chi connectivity index (χ1n) is 5.45. The van der Waals surface area contributed by atoms with Gasteiger partial charge in [-0.3, -0.25) is 0 Å². The fraction of sp³-hybridized carbons (Fsp3) is 1.00. The minimum Gasteiger partial charge on any atom is -0.317 e. The molecule has 0 heterocycles. The first kappa shape index (κ1) is 12.0. The van der Waals surface area contributed by atoms with Crippen molar-refractivity contribution in [2.45, 2.75) is 58.9 Å². The zero-order valence-corrected chi connectivity index (χ0v) is 9.19. The molecule has 0 spiro atoms. The van der Waals surface area contributed by atoms with Gasteiger partial charge in [0.2, 0.25) is 0 Å². The summed E-state index contributed by atoms with van der Waals surface area (Å²) < 4.78 is 0. The van der Waals surface area contributed by atoms with Crippen molar-refractivity contribution < 1.29 is 0 Å². The Kier molecular flexibility index (Phi) is 7.58. The summed E-state index contributed by atoms with van der Waals surface area (Å²) in [6.07, 6.45) is 6.69. The van der Waals surface area contributed by atoms with Gasteiger partial charge in [0, 0.05) is 6.04 Å². The summed E-state index contributed by atoms with van der Waals surface area (Å²) in [6, 6.07) is 0.737. The van der Waals surface area contributed by atoms with Crippen LogP contribution in [0.15, 0.2) is 0 Å². The second-order valence-corrected chi connectivity index (χ2v) is 3.69. The van der Waals surface area contributed by atoms with Crippen molar-refractivity contribution in [2.24, 2.45) is 5.92 Å². The van der Waals surface area contributed by atoms with E-state index in [1.807, 2.05) is 0 Å². The Morgan fingerprint density at radius 2 is 1.75 bits per heavy atom. The lowest BCUT2D eigenvalue weighted by Gasteiger charge is -2.20. The summed E-state index contributed by atoms with van der Waals surface area (Å²) >= 11 is 0. The van der Waals surface area contributed by atoms with Crippen molar-refractivity contribution in [3.8, 4) is 0 Å². The van der Waals surface area contributed by atoms with Crippen molar-refractivity contribution >= 4 is 0 Å². The molecule has 74 valence electrons.